The molecule has 1 aliphatic heterocycles. The van der Waals surface area contributed by atoms with Gasteiger partial charge in [-0.25, -0.2) is 4.98 Å². The summed E-state index contributed by atoms with van der Waals surface area (Å²) >= 11 is 1.50. The fourth-order valence-corrected chi connectivity index (χ4v) is 3.15. The maximum absolute atomic E-state index is 9.33. The van der Waals surface area contributed by atoms with Crippen molar-refractivity contribution >= 4 is 28.7 Å². The van der Waals surface area contributed by atoms with Gasteiger partial charge in [-0.05, 0) is 30.7 Å². The van der Waals surface area contributed by atoms with Crippen LogP contribution in [-0.4, -0.2) is 31.3 Å². The summed E-state index contributed by atoms with van der Waals surface area (Å²) in [6, 6.07) is 10.5. The standard InChI is InChI=1S/C17H17N3OS/c1-13-12-22-17(19-13)15(11-18)10-14-2-4-16(5-3-14)20-6-8-21-9-7-20/h2-5,10,12H,6-9H2,1H3/b15-10+. The molecule has 1 saturated heterocycles. The van der Waals surface area contributed by atoms with Crippen LogP contribution in [0.4, 0.5) is 5.69 Å². The number of ether oxygens (including phenoxy) is 1. The van der Waals surface area contributed by atoms with Gasteiger partial charge in [-0.15, -0.1) is 11.3 Å². The van der Waals surface area contributed by atoms with Crippen LogP contribution in [0.15, 0.2) is 29.6 Å². The molecule has 1 fully saturated rings. The van der Waals surface area contributed by atoms with E-state index >= 15 is 0 Å². The molecule has 1 aromatic heterocycles. The minimum absolute atomic E-state index is 0.609. The highest BCUT2D eigenvalue weighted by Gasteiger charge is 2.11. The van der Waals surface area contributed by atoms with Crippen LogP contribution >= 0.6 is 11.3 Å². The number of nitriles is 1. The molecule has 0 unspecified atom stereocenters. The Morgan fingerprint density at radius 1 is 1.32 bits per heavy atom. The second-order valence-corrected chi connectivity index (χ2v) is 6.01. The van der Waals surface area contributed by atoms with Crippen LogP contribution in [-0.2, 0) is 4.74 Å². The van der Waals surface area contributed by atoms with Gasteiger partial charge in [0.2, 0.25) is 0 Å². The molecule has 112 valence electrons. The van der Waals surface area contributed by atoms with Crippen molar-refractivity contribution in [1.82, 2.24) is 4.98 Å². The van der Waals surface area contributed by atoms with Crippen molar-refractivity contribution in [2.24, 2.45) is 0 Å². The average molecular weight is 311 g/mol. The van der Waals surface area contributed by atoms with Gasteiger partial charge in [0.15, 0.2) is 0 Å². The summed E-state index contributed by atoms with van der Waals surface area (Å²) in [5.41, 5.74) is 3.77. The van der Waals surface area contributed by atoms with Gasteiger partial charge in [0, 0.05) is 29.9 Å². The van der Waals surface area contributed by atoms with E-state index in [1.54, 1.807) is 0 Å². The van der Waals surface area contributed by atoms with Crippen LogP contribution in [0, 0.1) is 18.3 Å². The largest absolute Gasteiger partial charge is 0.378 e. The first-order valence-electron chi connectivity index (χ1n) is 7.23. The molecule has 1 aromatic carbocycles. The summed E-state index contributed by atoms with van der Waals surface area (Å²) in [6.45, 7) is 5.35. The zero-order chi connectivity index (χ0) is 15.4. The monoisotopic (exact) mass is 311 g/mol. The minimum atomic E-state index is 0.609. The van der Waals surface area contributed by atoms with E-state index in [1.165, 1.54) is 17.0 Å². The normalized spacial score (nSPS) is 15.6. The number of aromatic nitrogens is 1. The topological polar surface area (TPSA) is 49.2 Å². The molecule has 1 aliphatic rings. The van der Waals surface area contributed by atoms with Gasteiger partial charge < -0.3 is 9.64 Å². The minimum Gasteiger partial charge on any atom is -0.378 e. The third-order valence-electron chi connectivity index (χ3n) is 3.55. The molecule has 2 heterocycles. The number of anilines is 1. The third-order valence-corrected chi connectivity index (χ3v) is 4.54. The van der Waals surface area contributed by atoms with Crippen molar-refractivity contribution in [2.75, 3.05) is 31.2 Å². The molecule has 3 rings (SSSR count). The molecular weight excluding hydrogens is 294 g/mol. The van der Waals surface area contributed by atoms with Crippen LogP contribution in [0.5, 0.6) is 0 Å². The molecule has 0 spiro atoms. The number of allylic oxidation sites excluding steroid dienone is 1. The predicted molar refractivity (Wildman–Crippen MR) is 89.8 cm³/mol. The van der Waals surface area contributed by atoms with Gasteiger partial charge in [0.1, 0.15) is 11.1 Å². The summed E-state index contributed by atoms with van der Waals surface area (Å²) < 4.78 is 5.37. The van der Waals surface area contributed by atoms with Crippen molar-refractivity contribution in [3.63, 3.8) is 0 Å². The summed E-state index contributed by atoms with van der Waals surface area (Å²) in [5.74, 6) is 0. The summed E-state index contributed by atoms with van der Waals surface area (Å²) in [7, 11) is 0. The Balaban J connectivity index is 1.80. The number of thiazole rings is 1. The molecule has 0 N–H and O–H groups in total. The Kier molecular flexibility index (Phi) is 4.52. The fourth-order valence-electron chi connectivity index (χ4n) is 2.39. The first-order valence-corrected chi connectivity index (χ1v) is 8.11. The maximum Gasteiger partial charge on any atom is 0.134 e. The second kappa shape index (κ2) is 6.73. The third kappa shape index (κ3) is 3.35. The van der Waals surface area contributed by atoms with Crippen LogP contribution in [0.25, 0.3) is 11.6 Å². The number of hydrogen-bond donors (Lipinski definition) is 0. The van der Waals surface area contributed by atoms with Gasteiger partial charge in [0.05, 0.1) is 18.8 Å². The zero-order valence-electron chi connectivity index (χ0n) is 12.5. The SMILES string of the molecule is Cc1csc(/C(C#N)=C/c2ccc(N3CCOCC3)cc2)n1. The van der Waals surface area contributed by atoms with Gasteiger partial charge in [0.25, 0.3) is 0 Å². The average Bonchev–Trinajstić information content (AvgIpc) is 3.00. The second-order valence-electron chi connectivity index (χ2n) is 5.15. The van der Waals surface area contributed by atoms with Gasteiger partial charge in [-0.2, -0.15) is 5.26 Å². The molecule has 0 amide bonds. The quantitative estimate of drug-likeness (QED) is 0.816. The van der Waals surface area contributed by atoms with E-state index < -0.39 is 0 Å². The van der Waals surface area contributed by atoms with E-state index in [0.717, 1.165) is 42.6 Å². The molecule has 0 bridgehead atoms. The molecule has 5 heteroatoms. The highest BCUT2D eigenvalue weighted by molar-refractivity contribution is 7.11. The highest BCUT2D eigenvalue weighted by atomic mass is 32.1. The van der Waals surface area contributed by atoms with E-state index in [9.17, 15) is 5.26 Å². The van der Waals surface area contributed by atoms with E-state index in [-0.39, 0.29) is 0 Å². The van der Waals surface area contributed by atoms with Crippen molar-refractivity contribution in [2.45, 2.75) is 6.92 Å². The van der Waals surface area contributed by atoms with E-state index in [0.29, 0.717) is 5.57 Å². The summed E-state index contributed by atoms with van der Waals surface area (Å²) in [6.07, 6.45) is 1.89. The molecule has 0 aliphatic carbocycles. The van der Waals surface area contributed by atoms with Crippen molar-refractivity contribution in [3.05, 3.63) is 45.9 Å². The summed E-state index contributed by atoms with van der Waals surface area (Å²) in [5, 5.41) is 12.1. The smallest absolute Gasteiger partial charge is 0.134 e. The van der Waals surface area contributed by atoms with Crippen LogP contribution in [0.3, 0.4) is 0 Å². The Bertz CT molecular complexity index is 706. The first kappa shape index (κ1) is 14.8. The van der Waals surface area contributed by atoms with Gasteiger partial charge in [-0.1, -0.05) is 12.1 Å². The Morgan fingerprint density at radius 3 is 2.64 bits per heavy atom. The number of aryl methyl sites for hydroxylation is 1. The van der Waals surface area contributed by atoms with Gasteiger partial charge >= 0.3 is 0 Å². The Hall–Kier alpha value is -2.16. The number of rotatable bonds is 3. The van der Waals surface area contributed by atoms with Crippen LogP contribution < -0.4 is 4.90 Å². The van der Waals surface area contributed by atoms with E-state index in [2.05, 4.69) is 28.1 Å². The highest BCUT2D eigenvalue weighted by Crippen LogP contribution is 2.23. The lowest BCUT2D eigenvalue weighted by Crippen LogP contribution is -2.36. The van der Waals surface area contributed by atoms with Gasteiger partial charge in [-0.3, -0.25) is 0 Å². The molecule has 22 heavy (non-hydrogen) atoms. The van der Waals surface area contributed by atoms with E-state index in [1.807, 2.05) is 30.5 Å². The molecule has 2 aromatic rings. The van der Waals surface area contributed by atoms with Crippen molar-refractivity contribution in [3.8, 4) is 6.07 Å². The number of hydrogen-bond acceptors (Lipinski definition) is 5. The Labute approximate surface area is 134 Å². The van der Waals surface area contributed by atoms with E-state index in [4.69, 9.17) is 4.74 Å². The fraction of sp³-hybridized carbons (Fsp3) is 0.294. The molecule has 4 nitrogen and oxygen atoms in total. The maximum atomic E-state index is 9.33. The lowest BCUT2D eigenvalue weighted by Gasteiger charge is -2.28. The molecule has 0 atom stereocenters. The number of nitrogens with zero attached hydrogens (tertiary/aromatic N) is 3. The Morgan fingerprint density at radius 2 is 2.05 bits per heavy atom. The zero-order valence-corrected chi connectivity index (χ0v) is 13.3. The molecular formula is C17H17N3OS. The number of morpholine rings is 1. The van der Waals surface area contributed by atoms with Crippen molar-refractivity contribution < 1.29 is 4.74 Å². The molecule has 0 saturated carbocycles. The number of benzene rings is 1. The summed E-state index contributed by atoms with van der Waals surface area (Å²) in [4.78, 5) is 6.69. The van der Waals surface area contributed by atoms with Crippen molar-refractivity contribution in [1.29, 1.82) is 5.26 Å². The molecule has 0 radical (unpaired) electrons. The predicted octanol–water partition coefficient (Wildman–Crippen LogP) is 3.35. The lowest BCUT2D eigenvalue weighted by atomic mass is 10.1. The lowest BCUT2D eigenvalue weighted by molar-refractivity contribution is 0.122. The van der Waals surface area contributed by atoms with Crippen LogP contribution in [0.2, 0.25) is 0 Å². The van der Waals surface area contributed by atoms with Crippen LogP contribution in [0.1, 0.15) is 16.3 Å². The first-order chi connectivity index (χ1) is 10.8.